The van der Waals surface area contributed by atoms with E-state index >= 15 is 0 Å². The zero-order valence-electron chi connectivity index (χ0n) is 10.2. The first-order chi connectivity index (χ1) is 9.15. The Morgan fingerprint density at radius 2 is 1.89 bits per heavy atom. The second kappa shape index (κ2) is 5.09. The van der Waals surface area contributed by atoms with Gasteiger partial charge in [-0.25, -0.2) is 4.39 Å². The van der Waals surface area contributed by atoms with E-state index in [1.54, 1.807) is 6.07 Å². The molecule has 3 rings (SSSR count). The van der Waals surface area contributed by atoms with Gasteiger partial charge in [0.2, 0.25) is 0 Å². The van der Waals surface area contributed by atoms with Crippen molar-refractivity contribution in [3.05, 3.63) is 63.0 Å². The summed E-state index contributed by atoms with van der Waals surface area (Å²) in [5, 5.41) is 3.47. The van der Waals surface area contributed by atoms with Crippen molar-refractivity contribution in [3.8, 4) is 0 Å². The highest BCUT2D eigenvalue weighted by molar-refractivity contribution is 14.1. The van der Waals surface area contributed by atoms with Crippen molar-refractivity contribution < 1.29 is 4.39 Å². The first-order valence-electron chi connectivity index (χ1n) is 6.21. The van der Waals surface area contributed by atoms with E-state index in [1.807, 2.05) is 12.1 Å². The summed E-state index contributed by atoms with van der Waals surface area (Å²) in [5.41, 5.74) is 9.56. The molecular formula is C15H14FIN2. The predicted molar refractivity (Wildman–Crippen MR) is 83.5 cm³/mol. The topological polar surface area (TPSA) is 38.0 Å². The molecule has 2 unspecified atom stereocenters. The quantitative estimate of drug-likeness (QED) is 0.787. The largest absolute Gasteiger partial charge is 0.377 e. The summed E-state index contributed by atoms with van der Waals surface area (Å²) in [4.78, 5) is 0. The van der Waals surface area contributed by atoms with Gasteiger partial charge in [0.05, 0.1) is 6.04 Å². The van der Waals surface area contributed by atoms with Gasteiger partial charge in [-0.2, -0.15) is 0 Å². The van der Waals surface area contributed by atoms with Crippen LogP contribution in [0.3, 0.4) is 0 Å². The van der Waals surface area contributed by atoms with Gasteiger partial charge in [-0.15, -0.1) is 0 Å². The number of nitrogens with two attached hydrogens (primary N) is 1. The van der Waals surface area contributed by atoms with Crippen LogP contribution in [0.25, 0.3) is 0 Å². The summed E-state index contributed by atoms with van der Waals surface area (Å²) in [6.45, 7) is 0. The average molecular weight is 368 g/mol. The van der Waals surface area contributed by atoms with Crippen molar-refractivity contribution in [2.45, 2.75) is 18.5 Å². The third kappa shape index (κ3) is 2.47. The van der Waals surface area contributed by atoms with Gasteiger partial charge >= 0.3 is 0 Å². The van der Waals surface area contributed by atoms with Crippen LogP contribution >= 0.6 is 22.6 Å². The highest BCUT2D eigenvalue weighted by Crippen LogP contribution is 2.39. The molecule has 0 heterocycles. The van der Waals surface area contributed by atoms with Crippen LogP contribution in [0.5, 0.6) is 0 Å². The van der Waals surface area contributed by atoms with E-state index in [0.717, 1.165) is 15.7 Å². The molecular weight excluding hydrogens is 354 g/mol. The van der Waals surface area contributed by atoms with Gasteiger partial charge in [0.1, 0.15) is 5.82 Å². The van der Waals surface area contributed by atoms with Crippen LogP contribution in [0.15, 0.2) is 42.5 Å². The van der Waals surface area contributed by atoms with Crippen molar-refractivity contribution in [1.82, 2.24) is 0 Å². The number of hydrogen-bond acceptors (Lipinski definition) is 2. The van der Waals surface area contributed by atoms with E-state index in [2.05, 4.69) is 40.0 Å². The molecule has 0 saturated heterocycles. The van der Waals surface area contributed by atoms with Crippen molar-refractivity contribution in [2.24, 2.45) is 5.73 Å². The first-order valence-corrected chi connectivity index (χ1v) is 7.29. The standard InChI is InChI=1S/C15H14FIN2/c16-9-5-6-14(12(17)7-9)19-15-8-13(18)10-3-1-2-4-11(10)15/h1-7,13,15,19H,8,18H2. The molecule has 3 N–H and O–H groups in total. The van der Waals surface area contributed by atoms with Gasteiger partial charge in [0.25, 0.3) is 0 Å². The lowest BCUT2D eigenvalue weighted by Gasteiger charge is -2.17. The number of benzene rings is 2. The van der Waals surface area contributed by atoms with Crippen molar-refractivity contribution in [1.29, 1.82) is 0 Å². The van der Waals surface area contributed by atoms with Crippen LogP contribution in [0.4, 0.5) is 10.1 Å². The highest BCUT2D eigenvalue weighted by Gasteiger charge is 2.28. The van der Waals surface area contributed by atoms with Crippen LogP contribution in [0, 0.1) is 9.39 Å². The lowest BCUT2D eigenvalue weighted by atomic mass is 10.1. The van der Waals surface area contributed by atoms with Crippen molar-refractivity contribution >= 4 is 28.3 Å². The Kier molecular flexibility index (Phi) is 3.45. The van der Waals surface area contributed by atoms with E-state index in [9.17, 15) is 4.39 Å². The van der Waals surface area contributed by atoms with E-state index in [4.69, 9.17) is 5.73 Å². The fraction of sp³-hybridized carbons (Fsp3) is 0.200. The van der Waals surface area contributed by atoms with Crippen LogP contribution in [-0.4, -0.2) is 0 Å². The fourth-order valence-electron chi connectivity index (χ4n) is 2.60. The third-order valence-corrected chi connectivity index (χ3v) is 4.41. The zero-order chi connectivity index (χ0) is 13.4. The lowest BCUT2D eigenvalue weighted by Crippen LogP contribution is -2.10. The number of fused-ring (bicyclic) bond motifs is 1. The Bertz CT molecular complexity index is 615. The maximum absolute atomic E-state index is 13.1. The Morgan fingerprint density at radius 1 is 1.16 bits per heavy atom. The Morgan fingerprint density at radius 3 is 2.63 bits per heavy atom. The molecule has 1 aliphatic carbocycles. The minimum absolute atomic E-state index is 0.0757. The van der Waals surface area contributed by atoms with E-state index in [1.165, 1.54) is 23.3 Å². The molecule has 0 bridgehead atoms. The molecule has 0 amide bonds. The molecule has 0 aliphatic heterocycles. The Hall–Kier alpha value is -1.14. The van der Waals surface area contributed by atoms with Gasteiger partial charge in [0, 0.05) is 15.3 Å². The zero-order valence-corrected chi connectivity index (χ0v) is 12.4. The lowest BCUT2D eigenvalue weighted by molar-refractivity contribution is 0.625. The van der Waals surface area contributed by atoms with Crippen LogP contribution in [0.1, 0.15) is 29.6 Å². The van der Waals surface area contributed by atoms with E-state index in [-0.39, 0.29) is 17.9 Å². The second-order valence-corrected chi connectivity index (χ2v) is 5.95. The summed E-state index contributed by atoms with van der Waals surface area (Å²) < 4.78 is 14.0. The molecule has 19 heavy (non-hydrogen) atoms. The summed E-state index contributed by atoms with van der Waals surface area (Å²) in [5.74, 6) is -0.210. The molecule has 2 nitrogen and oxygen atoms in total. The molecule has 0 radical (unpaired) electrons. The molecule has 2 aromatic rings. The minimum atomic E-state index is -0.210. The number of nitrogens with one attached hydrogen (secondary N) is 1. The van der Waals surface area contributed by atoms with Crippen LogP contribution in [-0.2, 0) is 0 Å². The van der Waals surface area contributed by atoms with Crippen LogP contribution in [0.2, 0.25) is 0 Å². The maximum Gasteiger partial charge on any atom is 0.124 e. The molecule has 0 saturated carbocycles. The molecule has 0 fully saturated rings. The summed E-state index contributed by atoms with van der Waals surface area (Å²) in [6, 6.07) is 13.3. The number of halogens is 2. The van der Waals surface area contributed by atoms with Crippen molar-refractivity contribution in [3.63, 3.8) is 0 Å². The SMILES string of the molecule is NC1CC(Nc2ccc(F)cc2I)c2ccccc21. The molecule has 98 valence electrons. The third-order valence-electron chi connectivity index (χ3n) is 3.52. The smallest absolute Gasteiger partial charge is 0.124 e. The van der Waals surface area contributed by atoms with Crippen LogP contribution < -0.4 is 11.1 Å². The molecule has 2 aromatic carbocycles. The van der Waals surface area contributed by atoms with Crippen molar-refractivity contribution in [2.75, 3.05) is 5.32 Å². The monoisotopic (exact) mass is 368 g/mol. The molecule has 2 atom stereocenters. The Labute approximate surface area is 125 Å². The predicted octanol–water partition coefficient (Wildman–Crippen LogP) is 3.99. The number of hydrogen-bond donors (Lipinski definition) is 2. The highest BCUT2D eigenvalue weighted by atomic mass is 127. The second-order valence-electron chi connectivity index (χ2n) is 4.79. The number of rotatable bonds is 2. The number of anilines is 1. The van der Waals surface area contributed by atoms with Gasteiger partial charge in [0.15, 0.2) is 0 Å². The first kappa shape index (κ1) is 12.9. The average Bonchev–Trinajstić information content (AvgIpc) is 2.71. The summed E-state index contributed by atoms with van der Waals surface area (Å²) >= 11 is 2.14. The van der Waals surface area contributed by atoms with Gasteiger partial charge in [-0.3, -0.25) is 0 Å². The summed E-state index contributed by atoms with van der Waals surface area (Å²) in [6.07, 6.45) is 0.868. The van der Waals surface area contributed by atoms with Gasteiger partial charge in [-0.05, 0) is 58.3 Å². The molecule has 1 aliphatic rings. The maximum atomic E-state index is 13.1. The molecule has 4 heteroatoms. The molecule has 0 aromatic heterocycles. The fourth-order valence-corrected chi connectivity index (χ4v) is 3.24. The van der Waals surface area contributed by atoms with E-state index in [0.29, 0.717) is 0 Å². The minimum Gasteiger partial charge on any atom is -0.377 e. The molecule has 0 spiro atoms. The summed E-state index contributed by atoms with van der Waals surface area (Å²) in [7, 11) is 0. The van der Waals surface area contributed by atoms with E-state index < -0.39 is 0 Å². The van der Waals surface area contributed by atoms with Gasteiger partial charge in [-0.1, -0.05) is 24.3 Å². The van der Waals surface area contributed by atoms with Gasteiger partial charge < -0.3 is 11.1 Å². The normalized spacial score (nSPS) is 21.2. The Balaban J connectivity index is 1.89.